The zero-order valence-electron chi connectivity index (χ0n) is 17.5. The second-order valence-electron chi connectivity index (χ2n) is 7.22. The SMILES string of the molecule is CCC(=Cc1sc2ccccc2[n+]1CCS(=O)(=O)O)C=C1Sc2ccccc2N1CC. The van der Waals surface area contributed by atoms with Gasteiger partial charge in [-0.05, 0) is 43.2 Å². The fourth-order valence-corrected chi connectivity index (χ4v) is 6.43. The fraction of sp³-hybridized carbons (Fsp3) is 0.261. The Bertz CT molecular complexity index is 1280. The monoisotopic (exact) mass is 473 g/mol. The number of aryl methyl sites for hydroxylation is 1. The first kappa shape index (κ1) is 22.1. The lowest BCUT2D eigenvalue weighted by molar-refractivity contribution is -0.664. The van der Waals surface area contributed by atoms with Crippen LogP contribution in [-0.4, -0.2) is 25.3 Å². The highest BCUT2D eigenvalue weighted by Crippen LogP contribution is 2.46. The Balaban J connectivity index is 1.74. The summed E-state index contributed by atoms with van der Waals surface area (Å²) in [5.74, 6) is -0.309. The first-order valence-corrected chi connectivity index (χ1v) is 13.5. The second-order valence-corrected chi connectivity index (χ2v) is 10.9. The quantitative estimate of drug-likeness (QED) is 0.371. The molecule has 8 heteroatoms. The molecule has 2 aromatic carbocycles. The summed E-state index contributed by atoms with van der Waals surface area (Å²) < 4.78 is 35.1. The largest absolute Gasteiger partial charge is 0.335 e. The average molecular weight is 474 g/mol. The number of thioether (sulfide) groups is 1. The van der Waals surface area contributed by atoms with Crippen LogP contribution in [0.4, 0.5) is 5.69 Å². The third-order valence-electron chi connectivity index (χ3n) is 5.19. The second kappa shape index (κ2) is 9.16. The van der Waals surface area contributed by atoms with Crippen LogP contribution in [-0.2, 0) is 16.7 Å². The van der Waals surface area contributed by atoms with Crippen LogP contribution in [0.5, 0.6) is 0 Å². The number of anilines is 1. The number of benzene rings is 2. The molecule has 0 aliphatic carbocycles. The van der Waals surface area contributed by atoms with Crippen LogP contribution in [0.3, 0.4) is 0 Å². The lowest BCUT2D eigenvalue weighted by Crippen LogP contribution is -2.38. The standard InChI is InChI=1S/C23H24N2O3S3/c1-3-17(15-22-24(4-2)18-9-5-7-11-20(18)29-22)16-23-25(13-14-31(26,27)28)19-10-6-8-12-21(19)30-23/h5-12,15-16H,3-4,13-14H2,1-2H3/p+1. The minimum Gasteiger partial charge on any atom is -0.335 e. The molecule has 4 rings (SSSR count). The van der Waals surface area contributed by atoms with Crippen molar-refractivity contribution in [3.05, 3.63) is 70.2 Å². The Morgan fingerprint density at radius 3 is 2.61 bits per heavy atom. The van der Waals surface area contributed by atoms with E-state index < -0.39 is 10.1 Å². The van der Waals surface area contributed by atoms with Crippen LogP contribution < -0.4 is 9.47 Å². The van der Waals surface area contributed by atoms with Gasteiger partial charge in [-0.3, -0.25) is 4.55 Å². The predicted octanol–water partition coefficient (Wildman–Crippen LogP) is 5.34. The molecule has 0 amide bonds. The number of hydrogen-bond donors (Lipinski definition) is 1. The van der Waals surface area contributed by atoms with Crippen molar-refractivity contribution in [3.63, 3.8) is 0 Å². The Hall–Kier alpha value is -2.13. The minimum atomic E-state index is -4.04. The van der Waals surface area contributed by atoms with Crippen LogP contribution in [0.15, 0.2) is 70.1 Å². The summed E-state index contributed by atoms with van der Waals surface area (Å²) >= 11 is 3.41. The van der Waals surface area contributed by atoms with Gasteiger partial charge in [-0.25, -0.2) is 0 Å². The van der Waals surface area contributed by atoms with Crippen LogP contribution in [0.1, 0.15) is 25.3 Å². The van der Waals surface area contributed by atoms with Gasteiger partial charge in [0.15, 0.2) is 6.54 Å². The Labute approximate surface area is 191 Å². The van der Waals surface area contributed by atoms with Crippen LogP contribution in [0, 0.1) is 0 Å². The number of nitrogens with zero attached hydrogens (tertiary/aromatic N) is 2. The molecule has 1 N–H and O–H groups in total. The highest BCUT2D eigenvalue weighted by molar-refractivity contribution is 8.03. The molecule has 31 heavy (non-hydrogen) atoms. The molecular formula is C23H25N2O3S3+. The number of rotatable bonds is 7. The lowest BCUT2D eigenvalue weighted by atomic mass is 10.2. The van der Waals surface area contributed by atoms with E-state index in [-0.39, 0.29) is 12.3 Å². The summed E-state index contributed by atoms with van der Waals surface area (Å²) in [6.07, 6.45) is 5.22. The summed E-state index contributed by atoms with van der Waals surface area (Å²) in [6.45, 7) is 5.39. The maximum Gasteiger partial charge on any atom is 0.271 e. The maximum atomic E-state index is 11.4. The molecular weight excluding hydrogens is 448 g/mol. The third kappa shape index (κ3) is 4.87. The van der Waals surface area contributed by atoms with Gasteiger partial charge < -0.3 is 4.90 Å². The average Bonchev–Trinajstić information content (AvgIpc) is 3.27. The van der Waals surface area contributed by atoms with Gasteiger partial charge >= 0.3 is 0 Å². The normalized spacial score (nSPS) is 15.8. The maximum absolute atomic E-state index is 11.4. The number of hydrogen-bond acceptors (Lipinski definition) is 5. The van der Waals surface area contributed by atoms with Gasteiger partial charge in [0.05, 0.1) is 10.7 Å². The topological polar surface area (TPSA) is 61.5 Å². The van der Waals surface area contributed by atoms with Gasteiger partial charge in [0.2, 0.25) is 5.52 Å². The fourth-order valence-electron chi connectivity index (χ4n) is 3.65. The van der Waals surface area contributed by atoms with E-state index in [1.165, 1.54) is 21.2 Å². The molecule has 0 spiro atoms. The highest BCUT2D eigenvalue weighted by Gasteiger charge is 2.24. The Morgan fingerprint density at radius 2 is 1.87 bits per heavy atom. The molecule has 5 nitrogen and oxygen atoms in total. The van der Waals surface area contributed by atoms with Crippen LogP contribution in [0.25, 0.3) is 16.3 Å². The first-order chi connectivity index (χ1) is 14.9. The van der Waals surface area contributed by atoms with E-state index in [0.717, 1.165) is 28.2 Å². The Morgan fingerprint density at radius 1 is 1.13 bits per heavy atom. The molecule has 0 unspecified atom stereocenters. The van der Waals surface area contributed by atoms with Crippen molar-refractivity contribution in [2.45, 2.75) is 31.7 Å². The smallest absolute Gasteiger partial charge is 0.271 e. The molecule has 1 aliphatic rings. The Kier molecular flexibility index (Phi) is 6.52. The van der Waals surface area contributed by atoms with Crippen molar-refractivity contribution in [1.29, 1.82) is 0 Å². The number of aromatic nitrogens is 1. The van der Waals surface area contributed by atoms with E-state index in [4.69, 9.17) is 0 Å². The molecule has 0 atom stereocenters. The zero-order chi connectivity index (χ0) is 22.0. The number of fused-ring (bicyclic) bond motifs is 2. The summed E-state index contributed by atoms with van der Waals surface area (Å²) in [7, 11) is -4.04. The highest BCUT2D eigenvalue weighted by atomic mass is 32.2. The summed E-state index contributed by atoms with van der Waals surface area (Å²) in [5, 5.41) is 2.17. The predicted molar refractivity (Wildman–Crippen MR) is 130 cm³/mol. The minimum absolute atomic E-state index is 0.212. The summed E-state index contributed by atoms with van der Waals surface area (Å²) in [5.41, 5.74) is 3.38. The van der Waals surface area contributed by atoms with Crippen molar-refractivity contribution in [3.8, 4) is 0 Å². The molecule has 1 aliphatic heterocycles. The van der Waals surface area contributed by atoms with Gasteiger partial charge in [0, 0.05) is 23.6 Å². The molecule has 0 fully saturated rings. The molecule has 2 heterocycles. The number of allylic oxidation sites excluding steroid dienone is 2. The van der Waals surface area contributed by atoms with E-state index in [9.17, 15) is 13.0 Å². The molecule has 0 saturated carbocycles. The van der Waals surface area contributed by atoms with E-state index in [0.29, 0.717) is 0 Å². The molecule has 162 valence electrons. The van der Waals surface area contributed by atoms with Crippen molar-refractivity contribution in [2.75, 3.05) is 17.2 Å². The first-order valence-electron chi connectivity index (χ1n) is 10.2. The van der Waals surface area contributed by atoms with Crippen LogP contribution >= 0.6 is 23.1 Å². The van der Waals surface area contributed by atoms with Crippen LogP contribution in [0.2, 0.25) is 0 Å². The van der Waals surface area contributed by atoms with Gasteiger partial charge in [-0.2, -0.15) is 13.0 Å². The summed E-state index contributed by atoms with van der Waals surface area (Å²) in [4.78, 5) is 3.58. The van der Waals surface area contributed by atoms with E-state index >= 15 is 0 Å². The van der Waals surface area contributed by atoms with Gasteiger partial charge in [0.25, 0.3) is 15.1 Å². The number of para-hydroxylation sites is 2. The number of thiazole rings is 1. The molecule has 0 radical (unpaired) electrons. The van der Waals surface area contributed by atoms with E-state index in [1.54, 1.807) is 23.1 Å². The van der Waals surface area contributed by atoms with Gasteiger partial charge in [-0.15, -0.1) is 0 Å². The lowest BCUT2D eigenvalue weighted by Gasteiger charge is -2.18. The molecule has 0 bridgehead atoms. The van der Waals surface area contributed by atoms with Crippen molar-refractivity contribution >= 4 is 55.2 Å². The molecule has 0 saturated heterocycles. The van der Waals surface area contributed by atoms with E-state index in [2.05, 4.69) is 55.2 Å². The van der Waals surface area contributed by atoms with Crippen molar-refractivity contribution in [2.24, 2.45) is 0 Å². The van der Waals surface area contributed by atoms with E-state index in [1.807, 2.05) is 28.8 Å². The van der Waals surface area contributed by atoms with Crippen molar-refractivity contribution in [1.82, 2.24) is 0 Å². The molecule has 1 aromatic heterocycles. The van der Waals surface area contributed by atoms with Gasteiger partial charge in [-0.1, -0.05) is 54.3 Å². The third-order valence-corrected chi connectivity index (χ3v) is 8.11. The summed E-state index contributed by atoms with van der Waals surface area (Å²) in [6, 6.07) is 16.4. The van der Waals surface area contributed by atoms with Gasteiger partial charge in [0.1, 0.15) is 10.5 Å². The molecule has 3 aromatic rings. The zero-order valence-corrected chi connectivity index (χ0v) is 19.9. The van der Waals surface area contributed by atoms with Crippen molar-refractivity contribution < 1.29 is 17.5 Å².